The molecular formula is C14H18F2N6. The maximum absolute atomic E-state index is 13.6. The van der Waals surface area contributed by atoms with Crippen LogP contribution in [0.5, 0.6) is 0 Å². The summed E-state index contributed by atoms with van der Waals surface area (Å²) in [4.78, 5) is 15.9. The smallest absolute Gasteiger partial charge is 0.229 e. The van der Waals surface area contributed by atoms with Crippen LogP contribution < -0.4 is 10.6 Å². The second-order valence-electron chi connectivity index (χ2n) is 5.21. The molecule has 0 bridgehead atoms. The quantitative estimate of drug-likeness (QED) is 0.901. The van der Waals surface area contributed by atoms with E-state index in [4.69, 9.17) is 5.73 Å². The van der Waals surface area contributed by atoms with Crippen LogP contribution in [0.1, 0.15) is 11.4 Å². The molecule has 1 heterocycles. The molecule has 2 aromatic rings. The molecule has 0 saturated carbocycles. The third-order valence-electron chi connectivity index (χ3n) is 2.95. The van der Waals surface area contributed by atoms with Gasteiger partial charge in [0.15, 0.2) is 0 Å². The average Bonchev–Trinajstić information content (AvgIpc) is 2.41. The average molecular weight is 308 g/mol. The lowest BCUT2D eigenvalue weighted by atomic mass is 10.2. The van der Waals surface area contributed by atoms with E-state index in [1.807, 2.05) is 4.90 Å². The van der Waals surface area contributed by atoms with Gasteiger partial charge in [0.25, 0.3) is 0 Å². The van der Waals surface area contributed by atoms with E-state index in [9.17, 15) is 8.78 Å². The van der Waals surface area contributed by atoms with E-state index in [1.165, 1.54) is 12.1 Å². The molecule has 0 unspecified atom stereocenters. The van der Waals surface area contributed by atoms with Gasteiger partial charge in [-0.1, -0.05) is 6.07 Å². The summed E-state index contributed by atoms with van der Waals surface area (Å²) >= 11 is 0. The van der Waals surface area contributed by atoms with Gasteiger partial charge >= 0.3 is 0 Å². The molecule has 2 rings (SSSR count). The predicted octanol–water partition coefficient (Wildman–Crippen LogP) is 1.43. The Balaban J connectivity index is 2.10. The van der Waals surface area contributed by atoms with Crippen LogP contribution in [0.4, 0.5) is 20.7 Å². The number of rotatable bonds is 5. The lowest BCUT2D eigenvalue weighted by molar-refractivity contribution is 0.305. The van der Waals surface area contributed by atoms with Crippen LogP contribution in [0.2, 0.25) is 0 Å². The number of halogens is 2. The molecule has 0 amide bonds. The molecule has 0 spiro atoms. The monoisotopic (exact) mass is 308 g/mol. The van der Waals surface area contributed by atoms with Gasteiger partial charge in [0.2, 0.25) is 11.9 Å². The lowest BCUT2D eigenvalue weighted by Gasteiger charge is -2.17. The van der Waals surface area contributed by atoms with Crippen LogP contribution in [0.25, 0.3) is 0 Å². The zero-order valence-electron chi connectivity index (χ0n) is 12.7. The first-order chi connectivity index (χ1) is 10.3. The molecule has 1 aromatic heterocycles. The first-order valence-corrected chi connectivity index (χ1v) is 6.65. The van der Waals surface area contributed by atoms with E-state index in [0.29, 0.717) is 30.4 Å². The Labute approximate surface area is 127 Å². The third kappa shape index (κ3) is 4.08. The fraction of sp³-hybridized carbons (Fsp3) is 0.357. The minimum absolute atomic E-state index is 0.134. The number of benzene rings is 1. The summed E-state index contributed by atoms with van der Waals surface area (Å²) in [5.41, 5.74) is 6.06. The Kier molecular flexibility index (Phi) is 4.81. The standard InChI is InChI=1S/C14H18F2N6/c1-21(2)14-19-12(18-13(17)20-14)8-22(3)7-9-4-5-10(15)6-11(9)16/h4-6H,7-8H2,1-3H3,(H2,17,18,19,20). The number of hydrogen-bond acceptors (Lipinski definition) is 6. The van der Waals surface area contributed by atoms with Crippen molar-refractivity contribution in [2.24, 2.45) is 0 Å². The highest BCUT2D eigenvalue weighted by atomic mass is 19.1. The van der Waals surface area contributed by atoms with Crippen LogP contribution in [0, 0.1) is 11.6 Å². The van der Waals surface area contributed by atoms with Crippen LogP contribution in [0.3, 0.4) is 0 Å². The fourth-order valence-corrected chi connectivity index (χ4v) is 1.93. The molecule has 0 saturated heterocycles. The molecule has 0 aliphatic rings. The number of aromatic nitrogens is 3. The number of anilines is 2. The molecule has 0 aliphatic carbocycles. The number of hydrogen-bond donors (Lipinski definition) is 1. The molecule has 0 aliphatic heterocycles. The summed E-state index contributed by atoms with van der Waals surface area (Å²) in [6, 6.07) is 3.53. The van der Waals surface area contributed by atoms with Crippen molar-refractivity contribution in [1.82, 2.24) is 19.9 Å². The van der Waals surface area contributed by atoms with Crippen LogP contribution >= 0.6 is 0 Å². The van der Waals surface area contributed by atoms with Crippen molar-refractivity contribution in [3.8, 4) is 0 Å². The summed E-state index contributed by atoms with van der Waals surface area (Å²) < 4.78 is 26.5. The predicted molar refractivity (Wildman–Crippen MR) is 80.1 cm³/mol. The van der Waals surface area contributed by atoms with Crippen molar-refractivity contribution in [1.29, 1.82) is 0 Å². The number of nitrogen functional groups attached to an aromatic ring is 1. The van der Waals surface area contributed by atoms with E-state index in [2.05, 4.69) is 15.0 Å². The number of nitrogens with two attached hydrogens (primary N) is 1. The molecule has 0 radical (unpaired) electrons. The first-order valence-electron chi connectivity index (χ1n) is 6.65. The van der Waals surface area contributed by atoms with Gasteiger partial charge in [-0.05, 0) is 13.1 Å². The molecule has 6 nitrogen and oxygen atoms in total. The Hall–Kier alpha value is -2.35. The normalized spacial score (nSPS) is 11.0. The zero-order chi connectivity index (χ0) is 16.3. The van der Waals surface area contributed by atoms with E-state index in [0.717, 1.165) is 6.07 Å². The van der Waals surface area contributed by atoms with Crippen LogP contribution in [-0.2, 0) is 13.1 Å². The maximum atomic E-state index is 13.6. The third-order valence-corrected chi connectivity index (χ3v) is 2.95. The van der Waals surface area contributed by atoms with Gasteiger partial charge in [0.05, 0.1) is 6.54 Å². The maximum Gasteiger partial charge on any atom is 0.229 e. The van der Waals surface area contributed by atoms with Gasteiger partial charge < -0.3 is 10.6 Å². The molecule has 8 heteroatoms. The first kappa shape index (κ1) is 16.0. The van der Waals surface area contributed by atoms with Crippen molar-refractivity contribution in [2.75, 3.05) is 31.8 Å². The summed E-state index contributed by atoms with van der Waals surface area (Å²) in [5.74, 6) is -0.0825. The number of nitrogens with zero attached hydrogens (tertiary/aromatic N) is 5. The van der Waals surface area contributed by atoms with Crippen molar-refractivity contribution in [3.05, 3.63) is 41.2 Å². The topological polar surface area (TPSA) is 71.2 Å². The summed E-state index contributed by atoms with van der Waals surface area (Å²) in [7, 11) is 5.39. The Morgan fingerprint density at radius 3 is 2.41 bits per heavy atom. The minimum Gasteiger partial charge on any atom is -0.368 e. The van der Waals surface area contributed by atoms with Gasteiger partial charge in [-0.15, -0.1) is 0 Å². The van der Waals surface area contributed by atoms with Crippen LogP contribution in [0.15, 0.2) is 18.2 Å². The second kappa shape index (κ2) is 6.61. The van der Waals surface area contributed by atoms with Gasteiger partial charge in [0, 0.05) is 32.3 Å². The summed E-state index contributed by atoms with van der Waals surface area (Å²) in [6.45, 7) is 0.666. The van der Waals surface area contributed by atoms with Crippen LogP contribution in [-0.4, -0.2) is 41.0 Å². The van der Waals surface area contributed by atoms with Crippen molar-refractivity contribution in [2.45, 2.75) is 13.1 Å². The van der Waals surface area contributed by atoms with Gasteiger partial charge in [-0.3, -0.25) is 4.90 Å². The van der Waals surface area contributed by atoms with E-state index in [1.54, 1.807) is 26.0 Å². The van der Waals surface area contributed by atoms with E-state index < -0.39 is 11.6 Å². The second-order valence-corrected chi connectivity index (χ2v) is 5.21. The minimum atomic E-state index is -0.593. The Bertz CT molecular complexity index is 662. The van der Waals surface area contributed by atoms with Gasteiger partial charge in [0.1, 0.15) is 17.5 Å². The molecule has 1 aromatic carbocycles. The van der Waals surface area contributed by atoms with Gasteiger partial charge in [-0.2, -0.15) is 15.0 Å². The highest BCUT2D eigenvalue weighted by Gasteiger charge is 2.11. The highest BCUT2D eigenvalue weighted by molar-refractivity contribution is 5.32. The molecule has 2 N–H and O–H groups in total. The molecular weight excluding hydrogens is 290 g/mol. The summed E-state index contributed by atoms with van der Waals surface area (Å²) in [5, 5.41) is 0. The van der Waals surface area contributed by atoms with Gasteiger partial charge in [-0.25, -0.2) is 8.78 Å². The van der Waals surface area contributed by atoms with Crippen molar-refractivity contribution >= 4 is 11.9 Å². The Morgan fingerprint density at radius 1 is 1.05 bits per heavy atom. The molecule has 22 heavy (non-hydrogen) atoms. The zero-order valence-corrected chi connectivity index (χ0v) is 12.7. The highest BCUT2D eigenvalue weighted by Crippen LogP contribution is 2.13. The largest absolute Gasteiger partial charge is 0.368 e. The van der Waals surface area contributed by atoms with Crippen molar-refractivity contribution in [3.63, 3.8) is 0 Å². The summed E-state index contributed by atoms with van der Waals surface area (Å²) in [6.07, 6.45) is 0. The SMILES string of the molecule is CN(Cc1nc(N)nc(N(C)C)n1)Cc1ccc(F)cc1F. The van der Waals surface area contributed by atoms with Crippen molar-refractivity contribution < 1.29 is 8.78 Å². The fourth-order valence-electron chi connectivity index (χ4n) is 1.93. The Morgan fingerprint density at radius 2 is 1.77 bits per heavy atom. The molecule has 0 fully saturated rings. The molecule has 0 atom stereocenters. The molecule has 118 valence electrons. The van der Waals surface area contributed by atoms with E-state index >= 15 is 0 Å². The van der Waals surface area contributed by atoms with E-state index in [-0.39, 0.29) is 5.95 Å². The lowest BCUT2D eigenvalue weighted by Crippen LogP contribution is -2.22.